The summed E-state index contributed by atoms with van der Waals surface area (Å²) in [6.07, 6.45) is 6.07. The molecule has 2 aromatic rings. The van der Waals surface area contributed by atoms with Crippen LogP contribution in [0.15, 0.2) is 30.5 Å². The summed E-state index contributed by atoms with van der Waals surface area (Å²) >= 11 is 0. The van der Waals surface area contributed by atoms with Crippen LogP contribution in [0.5, 0.6) is 0 Å². The molecule has 1 amide bonds. The van der Waals surface area contributed by atoms with E-state index in [2.05, 4.69) is 41.2 Å². The maximum absolute atomic E-state index is 13.1. The lowest BCUT2D eigenvalue weighted by Crippen LogP contribution is -2.50. The molecule has 0 unspecified atom stereocenters. The molecule has 1 N–H and O–H groups in total. The van der Waals surface area contributed by atoms with Gasteiger partial charge in [0.1, 0.15) is 13.3 Å². The standard InChI is InChI=1S/C22H27F2N3O/c1-2-8-27-14-16(22(28)26(9-6-23)10-7-24)11-18-17-4-3-5-19-21(17)15(13-25-19)12-20(18)27/h3-5,11,13,16,20,25H,2,6-10,12,14H2,1H3/t16-,20-/m1/s1. The fourth-order valence-corrected chi connectivity index (χ4v) is 4.79. The molecule has 0 bridgehead atoms. The molecule has 150 valence electrons. The van der Waals surface area contributed by atoms with E-state index in [4.69, 9.17) is 0 Å². The van der Waals surface area contributed by atoms with Gasteiger partial charge in [0.15, 0.2) is 0 Å². The minimum Gasteiger partial charge on any atom is -0.361 e. The third-order valence-electron chi connectivity index (χ3n) is 5.97. The van der Waals surface area contributed by atoms with Crippen LogP contribution in [0.1, 0.15) is 24.5 Å². The fraction of sp³-hybridized carbons (Fsp3) is 0.500. The average molecular weight is 387 g/mol. The molecule has 4 nitrogen and oxygen atoms in total. The zero-order chi connectivity index (χ0) is 19.7. The van der Waals surface area contributed by atoms with Crippen molar-refractivity contribution in [1.82, 2.24) is 14.8 Å². The molecular weight excluding hydrogens is 360 g/mol. The number of carbonyl (C=O) groups is 1. The number of hydrogen-bond acceptors (Lipinski definition) is 2. The lowest BCUT2D eigenvalue weighted by molar-refractivity contribution is -0.135. The quantitative estimate of drug-likeness (QED) is 0.789. The number of aromatic amines is 1. The van der Waals surface area contributed by atoms with Crippen LogP contribution in [0.2, 0.25) is 0 Å². The molecule has 4 rings (SSSR count). The predicted molar refractivity (Wildman–Crippen MR) is 108 cm³/mol. The predicted octanol–water partition coefficient (Wildman–Crippen LogP) is 3.59. The Balaban J connectivity index is 1.75. The second kappa shape index (κ2) is 8.03. The highest BCUT2D eigenvalue weighted by Crippen LogP contribution is 2.41. The van der Waals surface area contributed by atoms with Crippen LogP contribution in [-0.2, 0) is 11.2 Å². The highest BCUT2D eigenvalue weighted by Gasteiger charge is 2.37. The second-order valence-corrected chi connectivity index (χ2v) is 7.69. The first-order chi connectivity index (χ1) is 13.7. The van der Waals surface area contributed by atoms with Gasteiger partial charge < -0.3 is 9.88 Å². The molecule has 0 radical (unpaired) electrons. The van der Waals surface area contributed by atoms with Crippen LogP contribution in [0, 0.1) is 5.92 Å². The highest BCUT2D eigenvalue weighted by atomic mass is 19.1. The van der Waals surface area contributed by atoms with E-state index < -0.39 is 13.3 Å². The molecule has 2 aliphatic rings. The number of carbonyl (C=O) groups excluding carboxylic acids is 1. The van der Waals surface area contributed by atoms with E-state index in [0.717, 1.165) is 24.9 Å². The fourth-order valence-electron chi connectivity index (χ4n) is 4.79. The zero-order valence-corrected chi connectivity index (χ0v) is 16.3. The normalized spacial score (nSPS) is 21.5. The third kappa shape index (κ3) is 3.24. The van der Waals surface area contributed by atoms with Crippen LogP contribution >= 0.6 is 0 Å². The molecule has 2 heterocycles. The summed E-state index contributed by atoms with van der Waals surface area (Å²) in [5.41, 5.74) is 4.77. The van der Waals surface area contributed by atoms with Gasteiger partial charge in [-0.2, -0.15) is 0 Å². The minimum atomic E-state index is -0.650. The van der Waals surface area contributed by atoms with E-state index in [0.29, 0.717) is 6.54 Å². The molecule has 0 fully saturated rings. The van der Waals surface area contributed by atoms with Crippen molar-refractivity contribution in [3.05, 3.63) is 41.6 Å². The van der Waals surface area contributed by atoms with Crippen molar-refractivity contribution in [3.8, 4) is 0 Å². The minimum absolute atomic E-state index is 0.0445. The number of amides is 1. The second-order valence-electron chi connectivity index (χ2n) is 7.69. The third-order valence-corrected chi connectivity index (χ3v) is 5.97. The number of halogens is 2. The molecule has 0 spiro atoms. The molecule has 1 aromatic heterocycles. The van der Waals surface area contributed by atoms with Gasteiger partial charge in [0.05, 0.1) is 5.92 Å². The summed E-state index contributed by atoms with van der Waals surface area (Å²) in [7, 11) is 0. The van der Waals surface area contributed by atoms with Gasteiger partial charge in [-0.3, -0.25) is 9.69 Å². The van der Waals surface area contributed by atoms with Crippen LogP contribution < -0.4 is 0 Å². The summed E-state index contributed by atoms with van der Waals surface area (Å²) in [6, 6.07) is 6.47. The average Bonchev–Trinajstić information content (AvgIpc) is 3.12. The van der Waals surface area contributed by atoms with Gasteiger partial charge >= 0.3 is 0 Å². The Bertz CT molecular complexity index is 885. The zero-order valence-electron chi connectivity index (χ0n) is 16.3. The van der Waals surface area contributed by atoms with E-state index >= 15 is 0 Å². The Kier molecular flexibility index (Phi) is 5.49. The first-order valence-corrected chi connectivity index (χ1v) is 10.1. The number of rotatable bonds is 7. The van der Waals surface area contributed by atoms with Gasteiger partial charge in [-0.15, -0.1) is 0 Å². The van der Waals surface area contributed by atoms with Crippen LogP contribution in [0.3, 0.4) is 0 Å². The summed E-state index contributed by atoms with van der Waals surface area (Å²) in [5, 5.41) is 1.24. The first kappa shape index (κ1) is 19.1. The van der Waals surface area contributed by atoms with Crippen molar-refractivity contribution >= 4 is 22.4 Å². The molecule has 0 saturated heterocycles. The van der Waals surface area contributed by atoms with Gasteiger partial charge in [0, 0.05) is 42.8 Å². The number of fused-ring (bicyclic) bond motifs is 2. The molecule has 1 aromatic carbocycles. The summed E-state index contributed by atoms with van der Waals surface area (Å²) in [6.45, 7) is 2.25. The Morgan fingerprint density at radius 1 is 1.29 bits per heavy atom. The van der Waals surface area contributed by atoms with Crippen molar-refractivity contribution in [1.29, 1.82) is 0 Å². The topological polar surface area (TPSA) is 39.3 Å². The van der Waals surface area contributed by atoms with Crippen LogP contribution in [0.4, 0.5) is 8.78 Å². The molecule has 1 aliphatic heterocycles. The van der Waals surface area contributed by atoms with Gasteiger partial charge in [-0.25, -0.2) is 8.78 Å². The number of benzene rings is 1. The first-order valence-electron chi connectivity index (χ1n) is 10.1. The van der Waals surface area contributed by atoms with Gasteiger partial charge in [-0.05, 0) is 42.2 Å². The molecule has 6 heteroatoms. The summed E-state index contributed by atoms with van der Waals surface area (Å²) in [5.74, 6) is -0.541. The lowest BCUT2D eigenvalue weighted by atomic mass is 9.79. The Morgan fingerprint density at radius 2 is 2.07 bits per heavy atom. The molecule has 28 heavy (non-hydrogen) atoms. The number of nitrogens with one attached hydrogen (secondary N) is 1. The SMILES string of the molecule is CCCN1C[C@H](C(=O)N(CCF)CCF)C=C2c3cccc4[nH]cc(c34)C[C@H]21. The smallest absolute Gasteiger partial charge is 0.230 e. The van der Waals surface area contributed by atoms with Crippen LogP contribution in [0.25, 0.3) is 16.5 Å². The van der Waals surface area contributed by atoms with Crippen molar-refractivity contribution in [2.45, 2.75) is 25.8 Å². The Morgan fingerprint density at radius 3 is 2.79 bits per heavy atom. The number of alkyl halides is 2. The van der Waals surface area contributed by atoms with Crippen molar-refractivity contribution in [3.63, 3.8) is 0 Å². The van der Waals surface area contributed by atoms with Crippen molar-refractivity contribution < 1.29 is 13.6 Å². The maximum atomic E-state index is 13.1. The van der Waals surface area contributed by atoms with Gasteiger partial charge in [0.25, 0.3) is 0 Å². The maximum Gasteiger partial charge on any atom is 0.230 e. The van der Waals surface area contributed by atoms with Gasteiger partial charge in [-0.1, -0.05) is 25.1 Å². The van der Waals surface area contributed by atoms with E-state index in [1.165, 1.54) is 27.0 Å². The lowest BCUT2D eigenvalue weighted by Gasteiger charge is -2.42. The van der Waals surface area contributed by atoms with E-state index in [-0.39, 0.29) is 31.0 Å². The van der Waals surface area contributed by atoms with Gasteiger partial charge in [0.2, 0.25) is 5.91 Å². The molecule has 1 aliphatic carbocycles. The van der Waals surface area contributed by atoms with E-state index in [1.807, 2.05) is 6.07 Å². The summed E-state index contributed by atoms with van der Waals surface area (Å²) in [4.78, 5) is 20.1. The highest BCUT2D eigenvalue weighted by molar-refractivity contribution is 5.99. The van der Waals surface area contributed by atoms with Crippen LogP contribution in [-0.4, -0.2) is 66.3 Å². The number of nitrogens with zero attached hydrogens (tertiary/aromatic N) is 2. The molecular formula is C22H27F2N3O. The Labute approximate surface area is 164 Å². The number of H-pyrrole nitrogens is 1. The van der Waals surface area contributed by atoms with E-state index in [9.17, 15) is 13.6 Å². The Hall–Kier alpha value is -2.21. The van der Waals surface area contributed by atoms with Crippen molar-refractivity contribution in [2.24, 2.45) is 5.92 Å². The van der Waals surface area contributed by atoms with E-state index in [1.54, 1.807) is 0 Å². The molecule has 2 atom stereocenters. The molecule has 0 saturated carbocycles. The monoisotopic (exact) mass is 387 g/mol. The number of hydrogen-bond donors (Lipinski definition) is 1. The summed E-state index contributed by atoms with van der Waals surface area (Å²) < 4.78 is 25.8. The number of aromatic nitrogens is 1. The largest absolute Gasteiger partial charge is 0.361 e. The van der Waals surface area contributed by atoms with Crippen molar-refractivity contribution in [2.75, 3.05) is 39.5 Å².